The minimum absolute atomic E-state index is 0.562. The summed E-state index contributed by atoms with van der Waals surface area (Å²) >= 11 is 0. The molecule has 0 radical (unpaired) electrons. The zero-order valence-electron chi connectivity index (χ0n) is 11.7. The van der Waals surface area contributed by atoms with Crippen LogP contribution in [0.3, 0.4) is 0 Å². The highest BCUT2D eigenvalue weighted by atomic mass is 16.5. The highest BCUT2D eigenvalue weighted by Gasteiger charge is 1.99. The van der Waals surface area contributed by atoms with E-state index in [1.165, 1.54) is 5.56 Å². The van der Waals surface area contributed by atoms with Crippen molar-refractivity contribution in [3.63, 3.8) is 0 Å². The van der Waals surface area contributed by atoms with Gasteiger partial charge in [0.2, 0.25) is 0 Å². The second-order valence-electron chi connectivity index (χ2n) is 4.38. The molecule has 0 saturated heterocycles. The summed E-state index contributed by atoms with van der Waals surface area (Å²) in [5, 5.41) is 3.47. The fraction of sp³-hybridized carbons (Fsp3) is 0.600. The molecular weight excluding hydrogens is 226 g/mol. The van der Waals surface area contributed by atoms with Crippen molar-refractivity contribution >= 4 is 0 Å². The molecule has 0 spiro atoms. The third-order valence-corrected chi connectivity index (χ3v) is 2.89. The fourth-order valence-corrected chi connectivity index (χ4v) is 1.50. The summed E-state index contributed by atoms with van der Waals surface area (Å²) in [7, 11) is 0. The van der Waals surface area contributed by atoms with Crippen molar-refractivity contribution in [3.05, 3.63) is 29.8 Å². The molecule has 0 aliphatic heterocycles. The molecule has 0 unspecified atom stereocenters. The molecule has 0 heterocycles. The maximum absolute atomic E-state index is 5.56. The standard InChI is InChI=1S/C15H25NO2/c1-4-13(3)16-12-14-6-8-15(9-7-14)18-11-10-17-5-2/h6-9,13,16H,4-5,10-12H2,1-3H3/t13-/m0/s1. The van der Waals surface area contributed by atoms with Gasteiger partial charge < -0.3 is 14.8 Å². The lowest BCUT2D eigenvalue weighted by Crippen LogP contribution is -2.24. The molecule has 1 atom stereocenters. The smallest absolute Gasteiger partial charge is 0.119 e. The Bertz CT molecular complexity index is 311. The third-order valence-electron chi connectivity index (χ3n) is 2.89. The Labute approximate surface area is 110 Å². The molecule has 1 N–H and O–H groups in total. The first-order chi connectivity index (χ1) is 8.76. The zero-order chi connectivity index (χ0) is 13.2. The summed E-state index contributed by atoms with van der Waals surface area (Å²) in [6, 6.07) is 8.79. The molecule has 0 aromatic heterocycles. The van der Waals surface area contributed by atoms with Crippen LogP contribution in [0.5, 0.6) is 5.75 Å². The van der Waals surface area contributed by atoms with E-state index < -0.39 is 0 Å². The van der Waals surface area contributed by atoms with E-state index in [4.69, 9.17) is 9.47 Å². The van der Waals surface area contributed by atoms with Gasteiger partial charge >= 0.3 is 0 Å². The lowest BCUT2D eigenvalue weighted by molar-refractivity contribution is 0.110. The maximum atomic E-state index is 5.56. The monoisotopic (exact) mass is 251 g/mol. The minimum Gasteiger partial charge on any atom is -0.491 e. The van der Waals surface area contributed by atoms with Gasteiger partial charge in [0.25, 0.3) is 0 Å². The molecule has 3 heteroatoms. The van der Waals surface area contributed by atoms with E-state index in [-0.39, 0.29) is 0 Å². The average molecular weight is 251 g/mol. The number of ether oxygens (including phenoxy) is 2. The fourth-order valence-electron chi connectivity index (χ4n) is 1.50. The van der Waals surface area contributed by atoms with Crippen LogP contribution in [-0.4, -0.2) is 25.9 Å². The van der Waals surface area contributed by atoms with Crippen LogP contribution in [-0.2, 0) is 11.3 Å². The van der Waals surface area contributed by atoms with Crippen molar-refractivity contribution in [2.24, 2.45) is 0 Å². The number of hydrogen-bond donors (Lipinski definition) is 1. The van der Waals surface area contributed by atoms with Crippen molar-refractivity contribution in [3.8, 4) is 5.75 Å². The molecule has 0 aliphatic rings. The van der Waals surface area contributed by atoms with Gasteiger partial charge in [-0.05, 0) is 38.0 Å². The molecule has 18 heavy (non-hydrogen) atoms. The Morgan fingerprint density at radius 3 is 2.44 bits per heavy atom. The summed E-state index contributed by atoms with van der Waals surface area (Å²) in [6.45, 7) is 9.28. The van der Waals surface area contributed by atoms with Crippen molar-refractivity contribution < 1.29 is 9.47 Å². The van der Waals surface area contributed by atoms with Crippen molar-refractivity contribution in [2.75, 3.05) is 19.8 Å². The lowest BCUT2D eigenvalue weighted by Gasteiger charge is -2.11. The van der Waals surface area contributed by atoms with Gasteiger partial charge in [-0.15, -0.1) is 0 Å². The van der Waals surface area contributed by atoms with E-state index >= 15 is 0 Å². The Kier molecular flexibility index (Phi) is 7.46. The van der Waals surface area contributed by atoms with Gasteiger partial charge in [0.15, 0.2) is 0 Å². The Hall–Kier alpha value is -1.06. The first-order valence-electron chi connectivity index (χ1n) is 6.79. The van der Waals surface area contributed by atoms with Gasteiger partial charge in [0, 0.05) is 19.2 Å². The zero-order valence-corrected chi connectivity index (χ0v) is 11.7. The van der Waals surface area contributed by atoms with Gasteiger partial charge in [-0.3, -0.25) is 0 Å². The molecule has 0 saturated carbocycles. The molecule has 3 nitrogen and oxygen atoms in total. The van der Waals surface area contributed by atoms with E-state index in [9.17, 15) is 0 Å². The topological polar surface area (TPSA) is 30.5 Å². The summed E-state index contributed by atoms with van der Waals surface area (Å²) < 4.78 is 10.8. The van der Waals surface area contributed by atoms with Crippen LogP contribution in [0.4, 0.5) is 0 Å². The van der Waals surface area contributed by atoms with Gasteiger partial charge in [0.1, 0.15) is 12.4 Å². The summed E-state index contributed by atoms with van der Waals surface area (Å²) in [4.78, 5) is 0. The summed E-state index contributed by atoms with van der Waals surface area (Å²) in [5.41, 5.74) is 1.28. The predicted molar refractivity (Wildman–Crippen MR) is 75.0 cm³/mol. The Balaban J connectivity index is 2.28. The largest absolute Gasteiger partial charge is 0.491 e. The van der Waals surface area contributed by atoms with Crippen molar-refractivity contribution in [2.45, 2.75) is 39.8 Å². The summed E-state index contributed by atoms with van der Waals surface area (Å²) in [5.74, 6) is 0.905. The van der Waals surface area contributed by atoms with Crippen LogP contribution in [0.2, 0.25) is 0 Å². The molecule has 0 bridgehead atoms. The molecule has 102 valence electrons. The van der Waals surface area contributed by atoms with Gasteiger partial charge in [-0.25, -0.2) is 0 Å². The van der Waals surface area contributed by atoms with E-state index in [0.29, 0.717) is 19.3 Å². The molecular formula is C15H25NO2. The van der Waals surface area contributed by atoms with Gasteiger partial charge in [-0.2, -0.15) is 0 Å². The maximum Gasteiger partial charge on any atom is 0.119 e. The molecule has 1 aromatic carbocycles. The van der Waals surface area contributed by atoms with Crippen LogP contribution in [0.25, 0.3) is 0 Å². The molecule has 0 amide bonds. The first kappa shape index (κ1) is 15.0. The number of rotatable bonds is 9. The number of hydrogen-bond acceptors (Lipinski definition) is 3. The Morgan fingerprint density at radius 2 is 1.83 bits per heavy atom. The van der Waals surface area contributed by atoms with Crippen LogP contribution in [0, 0.1) is 0 Å². The quantitative estimate of drug-likeness (QED) is 0.684. The second-order valence-corrected chi connectivity index (χ2v) is 4.38. The van der Waals surface area contributed by atoms with Crippen LogP contribution in [0.1, 0.15) is 32.8 Å². The van der Waals surface area contributed by atoms with E-state index in [1.54, 1.807) is 0 Å². The number of nitrogens with one attached hydrogen (secondary N) is 1. The highest BCUT2D eigenvalue weighted by molar-refractivity contribution is 5.27. The van der Waals surface area contributed by atoms with E-state index in [2.05, 4.69) is 31.3 Å². The SMILES string of the molecule is CCOCCOc1ccc(CN[C@@H](C)CC)cc1. The van der Waals surface area contributed by atoms with Crippen molar-refractivity contribution in [1.29, 1.82) is 0 Å². The molecule has 1 aromatic rings. The molecule has 0 aliphatic carbocycles. The van der Waals surface area contributed by atoms with Crippen LogP contribution in [0.15, 0.2) is 24.3 Å². The normalized spacial score (nSPS) is 12.4. The van der Waals surface area contributed by atoms with E-state index in [1.807, 2.05) is 19.1 Å². The molecule has 0 fully saturated rings. The van der Waals surface area contributed by atoms with Crippen LogP contribution >= 0.6 is 0 Å². The minimum atomic E-state index is 0.562. The van der Waals surface area contributed by atoms with Crippen molar-refractivity contribution in [1.82, 2.24) is 5.32 Å². The third kappa shape index (κ3) is 6.03. The number of benzene rings is 1. The highest BCUT2D eigenvalue weighted by Crippen LogP contribution is 2.12. The summed E-state index contributed by atoms with van der Waals surface area (Å²) in [6.07, 6.45) is 1.15. The van der Waals surface area contributed by atoms with Gasteiger partial charge in [-0.1, -0.05) is 19.1 Å². The van der Waals surface area contributed by atoms with Gasteiger partial charge in [0.05, 0.1) is 6.61 Å². The lowest BCUT2D eigenvalue weighted by atomic mass is 10.2. The van der Waals surface area contributed by atoms with E-state index in [0.717, 1.165) is 25.3 Å². The molecule has 1 rings (SSSR count). The first-order valence-corrected chi connectivity index (χ1v) is 6.79. The Morgan fingerprint density at radius 1 is 1.11 bits per heavy atom. The second kappa shape index (κ2) is 8.95. The average Bonchev–Trinajstić information content (AvgIpc) is 2.42. The predicted octanol–water partition coefficient (Wildman–Crippen LogP) is 2.99. The van der Waals surface area contributed by atoms with Crippen LogP contribution < -0.4 is 10.1 Å².